The van der Waals surface area contributed by atoms with E-state index >= 15 is 0 Å². The molecular weight excluding hydrogens is 380 g/mol. The molecule has 1 aromatic carbocycles. The monoisotopic (exact) mass is 395 g/mol. The fourth-order valence-electron chi connectivity index (χ4n) is 2.28. The Labute approximate surface area is 150 Å². The maximum absolute atomic E-state index is 12.5. The Balaban J connectivity index is 2.11. The zero-order valence-electron chi connectivity index (χ0n) is 14.1. The van der Waals surface area contributed by atoms with E-state index in [9.17, 15) is 31.1 Å². The molecule has 27 heavy (non-hydrogen) atoms. The molecular formula is C16H15F6N3O2. The second-order valence-electron chi connectivity index (χ2n) is 5.73. The lowest BCUT2D eigenvalue weighted by atomic mass is 10.1. The summed E-state index contributed by atoms with van der Waals surface area (Å²) in [6.07, 6.45) is -10.4. The first kappa shape index (κ1) is 20.7. The van der Waals surface area contributed by atoms with E-state index in [1.807, 2.05) is 0 Å². The van der Waals surface area contributed by atoms with E-state index in [-0.39, 0.29) is 24.5 Å². The van der Waals surface area contributed by atoms with Crippen LogP contribution in [0.25, 0.3) is 11.4 Å². The van der Waals surface area contributed by atoms with Crippen LogP contribution in [0.15, 0.2) is 28.8 Å². The molecule has 0 radical (unpaired) electrons. The fraction of sp³-hybridized carbons (Fsp3) is 0.438. The van der Waals surface area contributed by atoms with Crippen LogP contribution in [-0.4, -0.2) is 33.7 Å². The summed E-state index contributed by atoms with van der Waals surface area (Å²) >= 11 is 0. The first-order chi connectivity index (χ1) is 12.5. The normalized spacial score (nSPS) is 12.3. The third-order valence-electron chi connectivity index (χ3n) is 3.45. The molecule has 0 spiro atoms. The van der Waals surface area contributed by atoms with Gasteiger partial charge in [-0.25, -0.2) is 0 Å². The number of benzene rings is 1. The van der Waals surface area contributed by atoms with Gasteiger partial charge in [0.1, 0.15) is 6.42 Å². The van der Waals surface area contributed by atoms with Gasteiger partial charge < -0.3 is 9.42 Å². The van der Waals surface area contributed by atoms with Gasteiger partial charge in [-0.2, -0.15) is 31.3 Å². The predicted octanol–water partition coefficient (Wildman–Crippen LogP) is 4.45. The highest BCUT2D eigenvalue weighted by Gasteiger charge is 2.38. The fourth-order valence-corrected chi connectivity index (χ4v) is 2.28. The van der Waals surface area contributed by atoms with Gasteiger partial charge >= 0.3 is 18.2 Å². The number of rotatable bonds is 6. The van der Waals surface area contributed by atoms with Crippen LogP contribution in [0.3, 0.4) is 0 Å². The second-order valence-corrected chi connectivity index (χ2v) is 5.73. The highest BCUT2D eigenvalue weighted by molar-refractivity contribution is 5.76. The largest absolute Gasteiger partial charge is 0.471 e. The van der Waals surface area contributed by atoms with Gasteiger partial charge in [0.05, 0.1) is 0 Å². The van der Waals surface area contributed by atoms with E-state index < -0.39 is 30.6 Å². The summed E-state index contributed by atoms with van der Waals surface area (Å²) in [6.45, 7) is 1.82. The summed E-state index contributed by atoms with van der Waals surface area (Å²) in [7, 11) is 0. The van der Waals surface area contributed by atoms with Crippen molar-refractivity contribution in [1.82, 2.24) is 15.0 Å². The summed E-state index contributed by atoms with van der Waals surface area (Å²) < 4.78 is 78.8. The number of carbonyl (C=O) groups excluding carboxylic acids is 1. The Kier molecular flexibility index (Phi) is 6.11. The van der Waals surface area contributed by atoms with Gasteiger partial charge in [0.25, 0.3) is 0 Å². The molecule has 148 valence electrons. The van der Waals surface area contributed by atoms with E-state index in [0.717, 1.165) is 4.90 Å². The zero-order chi connectivity index (χ0) is 20.2. The molecule has 0 atom stereocenters. The first-order valence-corrected chi connectivity index (χ1v) is 7.84. The van der Waals surface area contributed by atoms with Gasteiger partial charge in [0.15, 0.2) is 0 Å². The van der Waals surface area contributed by atoms with Crippen molar-refractivity contribution in [1.29, 1.82) is 0 Å². The standard InChI is InChI=1S/C16H15F6N3O2/c1-2-7-25(12(26)8-15(17,18)19)9-10-3-5-11(6-4-10)13-23-14(27-24-13)16(20,21)22/h3-6H,2,7-9H2,1H3. The molecule has 0 fully saturated rings. The van der Waals surface area contributed by atoms with Gasteiger partial charge in [-0.3, -0.25) is 4.79 Å². The van der Waals surface area contributed by atoms with Gasteiger partial charge in [0.2, 0.25) is 11.7 Å². The van der Waals surface area contributed by atoms with Crippen molar-refractivity contribution in [2.24, 2.45) is 0 Å². The number of aromatic nitrogens is 2. The van der Waals surface area contributed by atoms with E-state index in [0.29, 0.717) is 12.0 Å². The maximum Gasteiger partial charge on any atom is 0.471 e. The van der Waals surface area contributed by atoms with Crippen LogP contribution in [0.2, 0.25) is 0 Å². The van der Waals surface area contributed by atoms with Gasteiger partial charge in [-0.1, -0.05) is 36.3 Å². The molecule has 0 bridgehead atoms. The molecule has 1 amide bonds. The Morgan fingerprint density at radius 3 is 2.22 bits per heavy atom. The molecule has 0 aliphatic rings. The highest BCUT2D eigenvalue weighted by atomic mass is 19.4. The number of amides is 1. The second kappa shape index (κ2) is 7.97. The van der Waals surface area contributed by atoms with Crippen LogP contribution < -0.4 is 0 Å². The molecule has 11 heteroatoms. The predicted molar refractivity (Wildman–Crippen MR) is 81.1 cm³/mol. The summed E-state index contributed by atoms with van der Waals surface area (Å²) in [5.74, 6) is -2.79. The topological polar surface area (TPSA) is 59.2 Å². The Hall–Kier alpha value is -2.59. The first-order valence-electron chi connectivity index (χ1n) is 7.84. The third kappa shape index (κ3) is 5.97. The van der Waals surface area contributed by atoms with Crippen molar-refractivity contribution < 1.29 is 35.7 Å². The van der Waals surface area contributed by atoms with Gasteiger partial charge in [-0.05, 0) is 12.0 Å². The summed E-state index contributed by atoms with van der Waals surface area (Å²) in [6, 6.07) is 5.75. The van der Waals surface area contributed by atoms with Crippen molar-refractivity contribution in [3.05, 3.63) is 35.7 Å². The average molecular weight is 395 g/mol. The molecule has 2 rings (SSSR count). The van der Waals surface area contributed by atoms with Crippen molar-refractivity contribution in [3.8, 4) is 11.4 Å². The molecule has 0 N–H and O–H groups in total. The maximum atomic E-state index is 12.5. The Morgan fingerprint density at radius 2 is 1.74 bits per heavy atom. The minimum absolute atomic E-state index is 0.0525. The van der Waals surface area contributed by atoms with E-state index in [1.165, 1.54) is 24.3 Å². The van der Waals surface area contributed by atoms with Crippen LogP contribution in [-0.2, 0) is 17.5 Å². The van der Waals surface area contributed by atoms with Crippen molar-refractivity contribution in [2.45, 2.75) is 38.7 Å². The molecule has 5 nitrogen and oxygen atoms in total. The summed E-state index contributed by atoms with van der Waals surface area (Å²) in [4.78, 5) is 16.1. The molecule has 1 aromatic heterocycles. The average Bonchev–Trinajstić information content (AvgIpc) is 3.04. The third-order valence-corrected chi connectivity index (χ3v) is 3.45. The van der Waals surface area contributed by atoms with Crippen LogP contribution in [0.5, 0.6) is 0 Å². The quantitative estimate of drug-likeness (QED) is 0.679. The summed E-state index contributed by atoms with van der Waals surface area (Å²) in [5.41, 5.74) is 0.754. The SMILES string of the molecule is CCCN(Cc1ccc(-c2noc(C(F)(F)F)n2)cc1)C(=O)CC(F)(F)F. The number of nitrogens with zero attached hydrogens (tertiary/aromatic N) is 3. The minimum Gasteiger partial charge on any atom is -0.338 e. The number of halogens is 6. The van der Waals surface area contributed by atoms with Crippen LogP contribution in [0, 0.1) is 0 Å². The van der Waals surface area contributed by atoms with Gasteiger partial charge in [-0.15, -0.1) is 0 Å². The number of hydrogen-bond acceptors (Lipinski definition) is 4. The molecule has 0 saturated carbocycles. The van der Waals surface area contributed by atoms with E-state index in [2.05, 4.69) is 14.7 Å². The number of hydrogen-bond donors (Lipinski definition) is 0. The number of alkyl halides is 6. The molecule has 0 saturated heterocycles. The molecule has 0 unspecified atom stereocenters. The lowest BCUT2D eigenvalue weighted by Gasteiger charge is -2.23. The molecule has 0 aliphatic heterocycles. The molecule has 1 heterocycles. The Morgan fingerprint density at radius 1 is 1.11 bits per heavy atom. The van der Waals surface area contributed by atoms with E-state index in [1.54, 1.807) is 6.92 Å². The summed E-state index contributed by atoms with van der Waals surface area (Å²) in [5, 5.41) is 3.25. The van der Waals surface area contributed by atoms with Crippen LogP contribution in [0.4, 0.5) is 26.3 Å². The minimum atomic E-state index is -4.76. The lowest BCUT2D eigenvalue weighted by molar-refractivity contribution is -0.162. The van der Waals surface area contributed by atoms with Crippen molar-refractivity contribution >= 4 is 5.91 Å². The smallest absolute Gasteiger partial charge is 0.338 e. The highest BCUT2D eigenvalue weighted by Crippen LogP contribution is 2.29. The van der Waals surface area contributed by atoms with Crippen molar-refractivity contribution in [2.75, 3.05) is 6.54 Å². The molecule has 2 aromatic rings. The Bertz CT molecular complexity index is 768. The van der Waals surface area contributed by atoms with Crippen LogP contribution in [0.1, 0.15) is 31.2 Å². The number of carbonyl (C=O) groups is 1. The molecule has 0 aliphatic carbocycles. The van der Waals surface area contributed by atoms with E-state index in [4.69, 9.17) is 0 Å². The zero-order valence-corrected chi connectivity index (χ0v) is 14.1. The van der Waals surface area contributed by atoms with Crippen molar-refractivity contribution in [3.63, 3.8) is 0 Å². The van der Waals surface area contributed by atoms with Crippen LogP contribution >= 0.6 is 0 Å². The lowest BCUT2D eigenvalue weighted by Crippen LogP contribution is -2.34. The van der Waals surface area contributed by atoms with Gasteiger partial charge in [0, 0.05) is 18.7 Å².